The highest BCUT2D eigenvalue weighted by Crippen LogP contribution is 2.29. The van der Waals surface area contributed by atoms with Gasteiger partial charge in [-0.15, -0.1) is 0 Å². The number of rotatable bonds is 4. The Labute approximate surface area is 94.8 Å². The largest absolute Gasteiger partial charge is 0.508 e. The molecule has 4 nitrogen and oxygen atoms in total. The summed E-state index contributed by atoms with van der Waals surface area (Å²) in [6, 6.07) is 4.19. The van der Waals surface area contributed by atoms with E-state index >= 15 is 0 Å². The van der Waals surface area contributed by atoms with Crippen molar-refractivity contribution in [2.24, 2.45) is 0 Å². The lowest BCUT2D eigenvalue weighted by atomic mass is 9.98. The molecular formula is C11H14O4S. The minimum absolute atomic E-state index is 0.0760. The summed E-state index contributed by atoms with van der Waals surface area (Å²) in [5, 5.41) is 9.67. The Morgan fingerprint density at radius 2 is 2.06 bits per heavy atom. The van der Waals surface area contributed by atoms with Crippen LogP contribution in [0.15, 0.2) is 23.1 Å². The molecule has 0 aromatic heterocycles. The SMILES string of the molecule is CC(CC=O)c1ccc(S(C)(=O)=O)cc1O. The van der Waals surface area contributed by atoms with Crippen LogP contribution in [0.3, 0.4) is 0 Å². The first-order valence-corrected chi connectivity index (χ1v) is 6.72. The van der Waals surface area contributed by atoms with Gasteiger partial charge in [0.05, 0.1) is 4.90 Å². The molecule has 5 heteroatoms. The summed E-state index contributed by atoms with van der Waals surface area (Å²) in [4.78, 5) is 10.4. The fourth-order valence-corrected chi connectivity index (χ4v) is 2.08. The molecule has 88 valence electrons. The summed E-state index contributed by atoms with van der Waals surface area (Å²) in [7, 11) is -3.31. The lowest BCUT2D eigenvalue weighted by molar-refractivity contribution is -0.108. The molecule has 16 heavy (non-hydrogen) atoms. The van der Waals surface area contributed by atoms with Gasteiger partial charge in [-0.05, 0) is 23.6 Å². The van der Waals surface area contributed by atoms with Crippen LogP contribution in [-0.2, 0) is 14.6 Å². The van der Waals surface area contributed by atoms with Gasteiger partial charge in [0.15, 0.2) is 9.84 Å². The third-order valence-corrected chi connectivity index (χ3v) is 3.52. The van der Waals surface area contributed by atoms with E-state index in [9.17, 15) is 18.3 Å². The zero-order valence-electron chi connectivity index (χ0n) is 9.17. The molecule has 1 aromatic rings. The number of phenolic OH excluding ortho intramolecular Hbond substituents is 1. The first-order valence-electron chi connectivity index (χ1n) is 4.83. The van der Waals surface area contributed by atoms with E-state index in [1.54, 1.807) is 13.0 Å². The second-order valence-corrected chi connectivity index (χ2v) is 5.81. The third kappa shape index (κ3) is 2.82. The van der Waals surface area contributed by atoms with Crippen LogP contribution in [0.25, 0.3) is 0 Å². The third-order valence-electron chi connectivity index (χ3n) is 2.41. The minimum Gasteiger partial charge on any atom is -0.508 e. The van der Waals surface area contributed by atoms with E-state index in [2.05, 4.69) is 0 Å². The zero-order valence-corrected chi connectivity index (χ0v) is 9.99. The predicted octanol–water partition coefficient (Wildman–Crippen LogP) is 1.49. The lowest BCUT2D eigenvalue weighted by Gasteiger charge is -2.11. The monoisotopic (exact) mass is 242 g/mol. The second-order valence-electron chi connectivity index (χ2n) is 3.80. The van der Waals surface area contributed by atoms with Crippen LogP contribution in [-0.4, -0.2) is 26.1 Å². The van der Waals surface area contributed by atoms with Gasteiger partial charge in [-0.1, -0.05) is 13.0 Å². The molecule has 1 aromatic carbocycles. The summed E-state index contributed by atoms with van der Waals surface area (Å²) in [5.41, 5.74) is 0.583. The first kappa shape index (κ1) is 12.7. The number of aromatic hydroxyl groups is 1. The molecule has 1 unspecified atom stereocenters. The Bertz CT molecular complexity index is 491. The summed E-state index contributed by atoms with van der Waals surface area (Å²) in [6.07, 6.45) is 2.15. The van der Waals surface area contributed by atoms with Crippen molar-refractivity contribution in [2.45, 2.75) is 24.2 Å². The maximum absolute atomic E-state index is 11.2. The number of hydrogen-bond donors (Lipinski definition) is 1. The van der Waals surface area contributed by atoms with Gasteiger partial charge in [-0.3, -0.25) is 0 Å². The van der Waals surface area contributed by atoms with E-state index < -0.39 is 9.84 Å². The Morgan fingerprint density at radius 3 is 2.50 bits per heavy atom. The van der Waals surface area contributed by atoms with Crippen molar-refractivity contribution in [1.29, 1.82) is 0 Å². The van der Waals surface area contributed by atoms with Crippen LogP contribution in [0.4, 0.5) is 0 Å². The summed E-state index contributed by atoms with van der Waals surface area (Å²) >= 11 is 0. The van der Waals surface area contributed by atoms with Crippen LogP contribution in [0.1, 0.15) is 24.8 Å². The fourth-order valence-electron chi connectivity index (χ4n) is 1.44. The zero-order chi connectivity index (χ0) is 12.3. The van der Waals surface area contributed by atoms with Crippen LogP contribution in [0.2, 0.25) is 0 Å². The molecule has 0 heterocycles. The number of aldehydes is 1. The van der Waals surface area contributed by atoms with Crippen molar-refractivity contribution in [3.05, 3.63) is 23.8 Å². The lowest BCUT2D eigenvalue weighted by Crippen LogP contribution is -2.00. The molecule has 1 rings (SSSR count). The van der Waals surface area contributed by atoms with Gasteiger partial charge in [0.1, 0.15) is 12.0 Å². The molecule has 0 bridgehead atoms. The molecule has 0 aliphatic rings. The van der Waals surface area contributed by atoms with Crippen molar-refractivity contribution in [3.63, 3.8) is 0 Å². The number of carbonyl (C=O) groups is 1. The highest BCUT2D eigenvalue weighted by molar-refractivity contribution is 7.90. The molecular weight excluding hydrogens is 228 g/mol. The van der Waals surface area contributed by atoms with E-state index in [-0.39, 0.29) is 16.6 Å². The van der Waals surface area contributed by atoms with Crippen LogP contribution >= 0.6 is 0 Å². The maximum atomic E-state index is 11.2. The Kier molecular flexibility index (Phi) is 3.70. The van der Waals surface area contributed by atoms with E-state index in [1.165, 1.54) is 12.1 Å². The number of sulfone groups is 1. The van der Waals surface area contributed by atoms with Crippen molar-refractivity contribution < 1.29 is 18.3 Å². The summed E-state index contributed by atoms with van der Waals surface area (Å²) in [5.74, 6) is -0.205. The molecule has 0 aliphatic carbocycles. The van der Waals surface area contributed by atoms with Gasteiger partial charge < -0.3 is 9.90 Å². The molecule has 0 amide bonds. The van der Waals surface area contributed by atoms with Gasteiger partial charge in [-0.25, -0.2) is 8.42 Å². The molecule has 0 fully saturated rings. The number of hydrogen-bond acceptors (Lipinski definition) is 4. The molecule has 0 spiro atoms. The first-order chi connectivity index (χ1) is 7.36. The minimum atomic E-state index is -3.31. The maximum Gasteiger partial charge on any atom is 0.175 e. The van der Waals surface area contributed by atoms with Gasteiger partial charge in [0.2, 0.25) is 0 Å². The van der Waals surface area contributed by atoms with Crippen molar-refractivity contribution >= 4 is 16.1 Å². The molecule has 0 saturated carbocycles. The van der Waals surface area contributed by atoms with E-state index in [0.717, 1.165) is 12.5 Å². The highest BCUT2D eigenvalue weighted by Gasteiger charge is 2.14. The van der Waals surface area contributed by atoms with E-state index in [0.29, 0.717) is 12.0 Å². The summed E-state index contributed by atoms with van der Waals surface area (Å²) in [6.45, 7) is 1.80. The van der Waals surface area contributed by atoms with Gasteiger partial charge >= 0.3 is 0 Å². The fraction of sp³-hybridized carbons (Fsp3) is 0.364. The van der Waals surface area contributed by atoms with Crippen LogP contribution in [0, 0.1) is 0 Å². The number of phenols is 1. The quantitative estimate of drug-likeness (QED) is 0.812. The molecule has 1 N–H and O–H groups in total. The van der Waals surface area contributed by atoms with Crippen molar-refractivity contribution in [1.82, 2.24) is 0 Å². The molecule has 0 saturated heterocycles. The number of carbonyl (C=O) groups excluding carboxylic acids is 1. The predicted molar refractivity (Wildman–Crippen MR) is 60.3 cm³/mol. The highest BCUT2D eigenvalue weighted by atomic mass is 32.2. The van der Waals surface area contributed by atoms with E-state index in [1.807, 2.05) is 0 Å². The molecule has 0 radical (unpaired) electrons. The van der Waals surface area contributed by atoms with Crippen molar-refractivity contribution in [3.8, 4) is 5.75 Å². The van der Waals surface area contributed by atoms with Gasteiger partial charge in [0.25, 0.3) is 0 Å². The van der Waals surface area contributed by atoms with E-state index in [4.69, 9.17) is 0 Å². The number of benzene rings is 1. The smallest absolute Gasteiger partial charge is 0.175 e. The van der Waals surface area contributed by atoms with Crippen LogP contribution < -0.4 is 0 Å². The van der Waals surface area contributed by atoms with Crippen LogP contribution in [0.5, 0.6) is 5.75 Å². The second kappa shape index (κ2) is 4.65. The topological polar surface area (TPSA) is 71.4 Å². The Balaban J connectivity index is 3.14. The standard InChI is InChI=1S/C11H14O4S/c1-8(5-6-12)10-4-3-9(7-11(10)13)16(2,14)15/h3-4,6-8,13H,5H2,1-2H3. The molecule has 1 atom stereocenters. The summed E-state index contributed by atoms with van der Waals surface area (Å²) < 4.78 is 22.4. The average Bonchev–Trinajstić information content (AvgIpc) is 2.16. The molecule has 0 aliphatic heterocycles. The normalized spacial score (nSPS) is 13.4. The van der Waals surface area contributed by atoms with Gasteiger partial charge in [0, 0.05) is 12.7 Å². The average molecular weight is 242 g/mol. The van der Waals surface area contributed by atoms with Gasteiger partial charge in [-0.2, -0.15) is 0 Å². The Morgan fingerprint density at radius 1 is 1.44 bits per heavy atom. The Hall–Kier alpha value is -1.36. The van der Waals surface area contributed by atoms with Crippen molar-refractivity contribution in [2.75, 3.05) is 6.26 Å².